The molecule has 1 aromatic carbocycles. The van der Waals surface area contributed by atoms with Crippen molar-refractivity contribution >= 4 is 0 Å². The molecule has 18 heavy (non-hydrogen) atoms. The second-order valence-electron chi connectivity index (χ2n) is 5.82. The van der Waals surface area contributed by atoms with Gasteiger partial charge >= 0.3 is 0 Å². The highest BCUT2D eigenvalue weighted by Crippen LogP contribution is 2.36. The van der Waals surface area contributed by atoms with E-state index in [-0.39, 0.29) is 0 Å². The van der Waals surface area contributed by atoms with Crippen molar-refractivity contribution in [3.05, 3.63) is 34.9 Å². The average molecular weight is 245 g/mol. The summed E-state index contributed by atoms with van der Waals surface area (Å²) in [5, 5.41) is 3.77. The van der Waals surface area contributed by atoms with Crippen molar-refractivity contribution in [2.75, 3.05) is 6.54 Å². The normalized spacial score (nSPS) is 18.2. The molecule has 0 saturated heterocycles. The molecule has 0 aliphatic heterocycles. The Kier molecular flexibility index (Phi) is 4.82. The molecule has 1 atom stereocenters. The summed E-state index contributed by atoms with van der Waals surface area (Å²) in [7, 11) is 0. The molecule has 1 N–H and O–H groups in total. The SMILES string of the molecule is CCCNC(c1ccc(C)c(C)c1)C1CCCC1. The van der Waals surface area contributed by atoms with Crippen molar-refractivity contribution in [3.8, 4) is 0 Å². The molecular formula is C17H27N. The van der Waals surface area contributed by atoms with E-state index in [0.29, 0.717) is 6.04 Å². The van der Waals surface area contributed by atoms with Crippen LogP contribution < -0.4 is 5.32 Å². The molecule has 0 spiro atoms. The van der Waals surface area contributed by atoms with Crippen LogP contribution in [0.4, 0.5) is 0 Å². The van der Waals surface area contributed by atoms with E-state index < -0.39 is 0 Å². The van der Waals surface area contributed by atoms with Gasteiger partial charge in [-0.15, -0.1) is 0 Å². The molecule has 1 heteroatoms. The molecule has 0 aromatic heterocycles. The second-order valence-corrected chi connectivity index (χ2v) is 5.82. The van der Waals surface area contributed by atoms with E-state index in [0.717, 1.165) is 12.5 Å². The van der Waals surface area contributed by atoms with E-state index >= 15 is 0 Å². The fourth-order valence-electron chi connectivity index (χ4n) is 3.11. The van der Waals surface area contributed by atoms with E-state index in [1.54, 1.807) is 0 Å². The highest BCUT2D eigenvalue weighted by Gasteiger charge is 2.25. The van der Waals surface area contributed by atoms with Crippen LogP contribution in [0.2, 0.25) is 0 Å². The summed E-state index contributed by atoms with van der Waals surface area (Å²) in [6, 6.07) is 7.57. The van der Waals surface area contributed by atoms with Crippen LogP contribution in [0.5, 0.6) is 0 Å². The Morgan fingerprint density at radius 1 is 1.17 bits per heavy atom. The zero-order valence-electron chi connectivity index (χ0n) is 12.1. The molecule has 0 heterocycles. The fraction of sp³-hybridized carbons (Fsp3) is 0.647. The summed E-state index contributed by atoms with van der Waals surface area (Å²) in [6.45, 7) is 7.81. The molecular weight excluding hydrogens is 218 g/mol. The third-order valence-corrected chi connectivity index (χ3v) is 4.38. The summed E-state index contributed by atoms with van der Waals surface area (Å²) >= 11 is 0. The predicted molar refractivity (Wildman–Crippen MR) is 78.9 cm³/mol. The Morgan fingerprint density at radius 3 is 2.50 bits per heavy atom. The van der Waals surface area contributed by atoms with Crippen LogP contribution in [-0.2, 0) is 0 Å². The summed E-state index contributed by atoms with van der Waals surface area (Å²) in [6.07, 6.45) is 6.84. The van der Waals surface area contributed by atoms with Crippen LogP contribution in [0.3, 0.4) is 0 Å². The minimum Gasteiger partial charge on any atom is -0.310 e. The first-order valence-electron chi connectivity index (χ1n) is 7.53. The third-order valence-electron chi connectivity index (χ3n) is 4.38. The van der Waals surface area contributed by atoms with Crippen LogP contribution in [0.15, 0.2) is 18.2 Å². The van der Waals surface area contributed by atoms with Gasteiger partial charge in [0.15, 0.2) is 0 Å². The van der Waals surface area contributed by atoms with Gasteiger partial charge in [-0.25, -0.2) is 0 Å². The standard InChI is InChI=1S/C17H27N/c1-4-11-18-17(15-7-5-6-8-15)16-10-9-13(2)14(3)12-16/h9-10,12,15,17-18H,4-8,11H2,1-3H3. The lowest BCUT2D eigenvalue weighted by Crippen LogP contribution is -2.28. The van der Waals surface area contributed by atoms with Crippen LogP contribution in [0.25, 0.3) is 0 Å². The van der Waals surface area contributed by atoms with Crippen molar-refractivity contribution < 1.29 is 0 Å². The van der Waals surface area contributed by atoms with E-state index in [4.69, 9.17) is 0 Å². The quantitative estimate of drug-likeness (QED) is 0.803. The van der Waals surface area contributed by atoms with Gasteiger partial charge in [0.2, 0.25) is 0 Å². The zero-order chi connectivity index (χ0) is 13.0. The Morgan fingerprint density at radius 2 is 1.89 bits per heavy atom. The van der Waals surface area contributed by atoms with Crippen LogP contribution >= 0.6 is 0 Å². The van der Waals surface area contributed by atoms with Crippen molar-refractivity contribution in [1.29, 1.82) is 0 Å². The molecule has 0 radical (unpaired) electrons. The van der Waals surface area contributed by atoms with Gasteiger partial charge in [-0.2, -0.15) is 0 Å². The lowest BCUT2D eigenvalue weighted by Gasteiger charge is -2.26. The molecule has 0 bridgehead atoms. The predicted octanol–water partition coefficient (Wildman–Crippen LogP) is 4.53. The van der Waals surface area contributed by atoms with E-state index in [1.165, 1.54) is 48.8 Å². The molecule has 1 fully saturated rings. The Bertz CT molecular complexity index is 377. The summed E-state index contributed by atoms with van der Waals surface area (Å²) in [5.74, 6) is 0.846. The van der Waals surface area contributed by atoms with Gasteiger partial charge in [0.1, 0.15) is 0 Å². The van der Waals surface area contributed by atoms with E-state index in [1.807, 2.05) is 0 Å². The first-order valence-corrected chi connectivity index (χ1v) is 7.53. The Labute approximate surface area is 112 Å². The molecule has 0 amide bonds. The minimum atomic E-state index is 0.576. The molecule has 1 saturated carbocycles. The first kappa shape index (κ1) is 13.6. The fourth-order valence-corrected chi connectivity index (χ4v) is 3.11. The van der Waals surface area contributed by atoms with Crippen molar-refractivity contribution in [2.45, 2.75) is 58.9 Å². The van der Waals surface area contributed by atoms with Gasteiger partial charge in [0.05, 0.1) is 0 Å². The molecule has 1 aliphatic carbocycles. The maximum atomic E-state index is 3.77. The largest absolute Gasteiger partial charge is 0.310 e. The summed E-state index contributed by atoms with van der Waals surface area (Å²) < 4.78 is 0. The van der Waals surface area contributed by atoms with E-state index in [2.05, 4.69) is 44.3 Å². The second kappa shape index (κ2) is 6.38. The van der Waals surface area contributed by atoms with Gasteiger partial charge in [0.25, 0.3) is 0 Å². The molecule has 100 valence electrons. The van der Waals surface area contributed by atoms with Gasteiger partial charge < -0.3 is 5.32 Å². The smallest absolute Gasteiger partial charge is 0.0348 e. The first-order chi connectivity index (χ1) is 8.72. The van der Waals surface area contributed by atoms with Crippen molar-refractivity contribution in [1.82, 2.24) is 5.32 Å². The number of rotatable bonds is 5. The van der Waals surface area contributed by atoms with Crippen molar-refractivity contribution in [3.63, 3.8) is 0 Å². The van der Waals surface area contributed by atoms with E-state index in [9.17, 15) is 0 Å². The average Bonchev–Trinajstić information content (AvgIpc) is 2.88. The summed E-state index contributed by atoms with van der Waals surface area (Å²) in [4.78, 5) is 0. The molecule has 1 aliphatic rings. The third kappa shape index (κ3) is 3.14. The highest BCUT2D eigenvalue weighted by molar-refractivity contribution is 5.32. The van der Waals surface area contributed by atoms with Crippen LogP contribution in [0, 0.1) is 19.8 Å². The van der Waals surface area contributed by atoms with Gasteiger partial charge in [-0.1, -0.05) is 38.0 Å². The number of benzene rings is 1. The number of aryl methyl sites for hydroxylation is 2. The maximum Gasteiger partial charge on any atom is 0.0348 e. The Hall–Kier alpha value is -0.820. The summed E-state index contributed by atoms with van der Waals surface area (Å²) in [5.41, 5.74) is 4.33. The lowest BCUT2D eigenvalue weighted by molar-refractivity contribution is 0.368. The van der Waals surface area contributed by atoms with Crippen LogP contribution in [-0.4, -0.2) is 6.54 Å². The zero-order valence-corrected chi connectivity index (χ0v) is 12.1. The molecule has 1 aromatic rings. The highest BCUT2D eigenvalue weighted by atomic mass is 14.9. The molecule has 1 nitrogen and oxygen atoms in total. The number of hydrogen-bond acceptors (Lipinski definition) is 1. The monoisotopic (exact) mass is 245 g/mol. The topological polar surface area (TPSA) is 12.0 Å². The molecule has 1 unspecified atom stereocenters. The number of hydrogen-bond donors (Lipinski definition) is 1. The lowest BCUT2D eigenvalue weighted by atomic mass is 9.90. The van der Waals surface area contributed by atoms with Gasteiger partial charge in [0, 0.05) is 6.04 Å². The number of nitrogens with one attached hydrogen (secondary N) is 1. The maximum absolute atomic E-state index is 3.77. The minimum absolute atomic E-state index is 0.576. The molecule has 2 rings (SSSR count). The Balaban J connectivity index is 2.17. The van der Waals surface area contributed by atoms with Crippen LogP contribution in [0.1, 0.15) is 61.8 Å². The van der Waals surface area contributed by atoms with Crippen molar-refractivity contribution in [2.24, 2.45) is 5.92 Å². The van der Waals surface area contributed by atoms with Gasteiger partial charge in [-0.05, 0) is 62.3 Å². The van der Waals surface area contributed by atoms with Gasteiger partial charge in [-0.3, -0.25) is 0 Å².